The van der Waals surface area contributed by atoms with Crippen LogP contribution in [-0.4, -0.2) is 12.6 Å². The molecular formula is C9H11IN2O. The van der Waals surface area contributed by atoms with E-state index >= 15 is 0 Å². The highest BCUT2D eigenvalue weighted by Gasteiger charge is 1.98. The minimum Gasteiger partial charge on any atom is -0.338 e. The van der Waals surface area contributed by atoms with Crippen LogP contribution in [0.4, 0.5) is 10.5 Å². The standard InChI is InChI=1S/C9H11IN2O/c1-2-11-9(13)12-8-5-3-4-7(10)6-8/h3-6H,2H2,1H3,(H2,11,12,13). The molecule has 0 fully saturated rings. The molecule has 1 aromatic carbocycles. The number of rotatable bonds is 2. The van der Waals surface area contributed by atoms with Crippen molar-refractivity contribution in [2.75, 3.05) is 11.9 Å². The number of nitrogens with one attached hydrogen (secondary N) is 2. The molecule has 0 aliphatic carbocycles. The minimum absolute atomic E-state index is 0.162. The van der Waals surface area contributed by atoms with Gasteiger partial charge < -0.3 is 10.6 Å². The average Bonchev–Trinajstić information content (AvgIpc) is 2.04. The molecule has 0 spiro atoms. The lowest BCUT2D eigenvalue weighted by atomic mass is 10.3. The second kappa shape index (κ2) is 5.06. The van der Waals surface area contributed by atoms with E-state index in [0.29, 0.717) is 6.54 Å². The van der Waals surface area contributed by atoms with E-state index in [1.165, 1.54) is 0 Å². The highest BCUT2D eigenvalue weighted by molar-refractivity contribution is 14.1. The zero-order valence-corrected chi connectivity index (χ0v) is 9.46. The third-order valence-corrected chi connectivity index (χ3v) is 2.09. The van der Waals surface area contributed by atoms with Crippen LogP contribution in [0.5, 0.6) is 0 Å². The van der Waals surface area contributed by atoms with Gasteiger partial charge in [-0.2, -0.15) is 0 Å². The topological polar surface area (TPSA) is 41.1 Å². The first-order valence-electron chi connectivity index (χ1n) is 4.03. The number of halogens is 1. The van der Waals surface area contributed by atoms with Gasteiger partial charge in [0.15, 0.2) is 0 Å². The normalized spacial score (nSPS) is 9.38. The molecule has 0 saturated carbocycles. The van der Waals surface area contributed by atoms with Crippen molar-refractivity contribution in [1.29, 1.82) is 0 Å². The molecular weight excluding hydrogens is 279 g/mol. The summed E-state index contributed by atoms with van der Waals surface area (Å²) in [5.74, 6) is 0. The van der Waals surface area contributed by atoms with Crippen molar-refractivity contribution in [3.63, 3.8) is 0 Å². The smallest absolute Gasteiger partial charge is 0.319 e. The van der Waals surface area contributed by atoms with Crippen molar-refractivity contribution < 1.29 is 4.79 Å². The molecule has 4 heteroatoms. The summed E-state index contributed by atoms with van der Waals surface area (Å²) in [7, 11) is 0. The lowest BCUT2D eigenvalue weighted by molar-refractivity contribution is 0.252. The summed E-state index contributed by atoms with van der Waals surface area (Å²) in [5.41, 5.74) is 0.817. The highest BCUT2D eigenvalue weighted by Crippen LogP contribution is 2.11. The van der Waals surface area contributed by atoms with E-state index in [0.717, 1.165) is 9.26 Å². The molecule has 0 saturated heterocycles. The Labute approximate surface area is 91.0 Å². The van der Waals surface area contributed by atoms with Crippen molar-refractivity contribution in [1.82, 2.24) is 5.32 Å². The quantitative estimate of drug-likeness (QED) is 0.807. The maximum atomic E-state index is 11.1. The summed E-state index contributed by atoms with van der Waals surface area (Å²) in [4.78, 5) is 11.1. The number of hydrogen-bond acceptors (Lipinski definition) is 1. The maximum absolute atomic E-state index is 11.1. The number of benzene rings is 1. The van der Waals surface area contributed by atoms with Crippen LogP contribution in [0, 0.1) is 3.57 Å². The molecule has 2 amide bonds. The van der Waals surface area contributed by atoms with E-state index in [4.69, 9.17) is 0 Å². The Kier molecular flexibility index (Phi) is 4.01. The largest absolute Gasteiger partial charge is 0.338 e. The van der Waals surface area contributed by atoms with E-state index in [9.17, 15) is 4.79 Å². The van der Waals surface area contributed by atoms with Crippen LogP contribution in [0.2, 0.25) is 0 Å². The molecule has 70 valence electrons. The van der Waals surface area contributed by atoms with Crippen molar-refractivity contribution in [3.05, 3.63) is 27.8 Å². The molecule has 3 nitrogen and oxygen atoms in total. The van der Waals surface area contributed by atoms with E-state index in [1.807, 2.05) is 31.2 Å². The zero-order chi connectivity index (χ0) is 9.68. The number of hydrogen-bond donors (Lipinski definition) is 2. The van der Waals surface area contributed by atoms with E-state index in [-0.39, 0.29) is 6.03 Å². The first kappa shape index (κ1) is 10.3. The molecule has 0 heterocycles. The van der Waals surface area contributed by atoms with Gasteiger partial charge in [0, 0.05) is 15.8 Å². The second-order valence-corrected chi connectivity index (χ2v) is 3.74. The highest BCUT2D eigenvalue weighted by atomic mass is 127. The number of carbonyl (C=O) groups is 1. The molecule has 0 aliphatic heterocycles. The Morgan fingerprint density at radius 3 is 2.92 bits per heavy atom. The Balaban J connectivity index is 2.58. The lowest BCUT2D eigenvalue weighted by Crippen LogP contribution is -2.28. The van der Waals surface area contributed by atoms with Gasteiger partial charge in [0.25, 0.3) is 0 Å². The Morgan fingerprint density at radius 1 is 1.54 bits per heavy atom. The predicted octanol–water partition coefficient (Wildman–Crippen LogP) is 2.43. The summed E-state index contributed by atoms with van der Waals surface area (Å²) < 4.78 is 1.10. The molecule has 0 bridgehead atoms. The number of carbonyl (C=O) groups excluding carboxylic acids is 1. The van der Waals surface area contributed by atoms with Crippen molar-refractivity contribution >= 4 is 34.3 Å². The van der Waals surface area contributed by atoms with Gasteiger partial charge >= 0.3 is 6.03 Å². The van der Waals surface area contributed by atoms with Crippen molar-refractivity contribution in [2.45, 2.75) is 6.92 Å². The first-order valence-corrected chi connectivity index (χ1v) is 5.10. The first-order chi connectivity index (χ1) is 6.22. The van der Waals surface area contributed by atoms with Gasteiger partial charge in [0.1, 0.15) is 0 Å². The minimum atomic E-state index is -0.162. The molecule has 0 unspecified atom stereocenters. The molecule has 0 aliphatic rings. The third-order valence-electron chi connectivity index (χ3n) is 1.42. The average molecular weight is 290 g/mol. The van der Waals surface area contributed by atoms with Gasteiger partial charge in [-0.3, -0.25) is 0 Å². The van der Waals surface area contributed by atoms with Crippen molar-refractivity contribution in [3.8, 4) is 0 Å². The summed E-state index contributed by atoms with van der Waals surface area (Å²) >= 11 is 2.20. The summed E-state index contributed by atoms with van der Waals surface area (Å²) in [5, 5.41) is 5.39. The zero-order valence-electron chi connectivity index (χ0n) is 7.30. The molecule has 1 aromatic rings. The van der Waals surface area contributed by atoms with Crippen LogP contribution in [0.15, 0.2) is 24.3 Å². The summed E-state index contributed by atoms with van der Waals surface area (Å²) in [6.45, 7) is 2.52. The van der Waals surface area contributed by atoms with Gasteiger partial charge in [0.2, 0.25) is 0 Å². The molecule has 0 radical (unpaired) electrons. The Hall–Kier alpha value is -0.780. The van der Waals surface area contributed by atoms with Gasteiger partial charge in [0.05, 0.1) is 0 Å². The van der Waals surface area contributed by atoms with Gasteiger partial charge in [-0.05, 0) is 47.7 Å². The van der Waals surface area contributed by atoms with Crippen LogP contribution in [-0.2, 0) is 0 Å². The monoisotopic (exact) mass is 290 g/mol. The van der Waals surface area contributed by atoms with Gasteiger partial charge in [-0.25, -0.2) is 4.79 Å². The second-order valence-electron chi connectivity index (χ2n) is 2.49. The number of amides is 2. The van der Waals surface area contributed by atoms with E-state index < -0.39 is 0 Å². The van der Waals surface area contributed by atoms with E-state index in [1.54, 1.807) is 0 Å². The summed E-state index contributed by atoms with van der Waals surface area (Å²) in [6, 6.07) is 7.49. The Morgan fingerprint density at radius 2 is 2.31 bits per heavy atom. The van der Waals surface area contributed by atoms with Crippen LogP contribution in [0.1, 0.15) is 6.92 Å². The third kappa shape index (κ3) is 3.63. The van der Waals surface area contributed by atoms with Crippen LogP contribution >= 0.6 is 22.6 Å². The maximum Gasteiger partial charge on any atom is 0.319 e. The van der Waals surface area contributed by atoms with Gasteiger partial charge in [-0.1, -0.05) is 6.07 Å². The Bertz CT molecular complexity index is 301. The lowest BCUT2D eigenvalue weighted by Gasteiger charge is -2.05. The fraction of sp³-hybridized carbons (Fsp3) is 0.222. The fourth-order valence-corrected chi connectivity index (χ4v) is 1.45. The predicted molar refractivity (Wildman–Crippen MR) is 61.9 cm³/mol. The summed E-state index contributed by atoms with van der Waals surface area (Å²) in [6.07, 6.45) is 0. The SMILES string of the molecule is CCNC(=O)Nc1cccc(I)c1. The van der Waals surface area contributed by atoms with Crippen molar-refractivity contribution in [2.24, 2.45) is 0 Å². The molecule has 1 rings (SSSR count). The van der Waals surface area contributed by atoms with Gasteiger partial charge in [-0.15, -0.1) is 0 Å². The molecule has 0 atom stereocenters. The number of urea groups is 1. The number of anilines is 1. The van der Waals surface area contributed by atoms with Crippen LogP contribution < -0.4 is 10.6 Å². The molecule has 2 N–H and O–H groups in total. The molecule has 13 heavy (non-hydrogen) atoms. The fourth-order valence-electron chi connectivity index (χ4n) is 0.902. The van der Waals surface area contributed by atoms with Crippen LogP contribution in [0.25, 0.3) is 0 Å². The van der Waals surface area contributed by atoms with E-state index in [2.05, 4.69) is 33.2 Å². The molecule has 0 aromatic heterocycles. The van der Waals surface area contributed by atoms with Crippen LogP contribution in [0.3, 0.4) is 0 Å².